The number of hydrogen-bond acceptors (Lipinski definition) is 5. The summed E-state index contributed by atoms with van der Waals surface area (Å²) in [6.07, 6.45) is 4.75. The summed E-state index contributed by atoms with van der Waals surface area (Å²) in [7, 11) is 0. The molecule has 0 saturated carbocycles. The summed E-state index contributed by atoms with van der Waals surface area (Å²) in [6, 6.07) is 13.2. The van der Waals surface area contributed by atoms with Gasteiger partial charge in [-0.1, -0.05) is 18.2 Å². The summed E-state index contributed by atoms with van der Waals surface area (Å²) in [5.41, 5.74) is 1.25. The van der Waals surface area contributed by atoms with Gasteiger partial charge in [0.2, 0.25) is 5.91 Å². The van der Waals surface area contributed by atoms with Crippen molar-refractivity contribution >= 4 is 18.1 Å². The number of ether oxygens (including phenoxy) is 2. The first-order chi connectivity index (χ1) is 14.8. The minimum absolute atomic E-state index is 0.0701. The van der Waals surface area contributed by atoms with Crippen LogP contribution >= 0.6 is 0 Å². The molecule has 0 atom stereocenters. The van der Waals surface area contributed by atoms with E-state index in [1.807, 2.05) is 63.2 Å². The maximum Gasteiger partial charge on any atom is 0.410 e. The molecule has 0 N–H and O–H groups in total. The van der Waals surface area contributed by atoms with Gasteiger partial charge >= 0.3 is 6.09 Å². The minimum atomic E-state index is -0.522. The van der Waals surface area contributed by atoms with Crippen LogP contribution in [0.3, 0.4) is 0 Å². The number of rotatable bonds is 5. The molecule has 0 spiro atoms. The number of benzene rings is 1. The molecule has 0 bridgehead atoms. The quantitative estimate of drug-likeness (QED) is 0.685. The predicted molar refractivity (Wildman–Crippen MR) is 118 cm³/mol. The van der Waals surface area contributed by atoms with E-state index >= 15 is 0 Å². The van der Waals surface area contributed by atoms with Crippen LogP contribution in [0.5, 0.6) is 5.75 Å². The van der Waals surface area contributed by atoms with Gasteiger partial charge in [0.05, 0.1) is 5.69 Å². The summed E-state index contributed by atoms with van der Waals surface area (Å²) in [4.78, 5) is 32.2. The fourth-order valence-electron chi connectivity index (χ4n) is 3.02. The number of carbonyl (C=O) groups is 2. The summed E-state index contributed by atoms with van der Waals surface area (Å²) in [5.74, 6) is 0.673. The lowest BCUT2D eigenvalue weighted by atomic mass is 10.2. The number of piperazine rings is 1. The molecule has 1 saturated heterocycles. The molecule has 1 aliphatic heterocycles. The van der Waals surface area contributed by atoms with Crippen LogP contribution in [0.2, 0.25) is 0 Å². The van der Waals surface area contributed by atoms with Gasteiger partial charge in [0.1, 0.15) is 18.0 Å². The number of pyridine rings is 1. The highest BCUT2D eigenvalue weighted by Crippen LogP contribution is 2.15. The zero-order chi connectivity index (χ0) is 22.3. The monoisotopic (exact) mass is 423 g/mol. The second-order valence-corrected chi connectivity index (χ2v) is 8.30. The molecule has 1 aromatic carbocycles. The van der Waals surface area contributed by atoms with Crippen LogP contribution in [0.1, 0.15) is 32.0 Å². The fourth-order valence-corrected chi connectivity index (χ4v) is 3.02. The molecule has 31 heavy (non-hydrogen) atoms. The molecule has 2 aromatic rings. The average molecular weight is 424 g/mol. The van der Waals surface area contributed by atoms with E-state index in [4.69, 9.17) is 9.47 Å². The molecular formula is C24H29N3O4. The Hall–Kier alpha value is -3.35. The Morgan fingerprint density at radius 2 is 1.68 bits per heavy atom. The molecule has 7 nitrogen and oxygen atoms in total. The van der Waals surface area contributed by atoms with Crippen molar-refractivity contribution in [1.29, 1.82) is 0 Å². The molecule has 2 amide bonds. The molecule has 0 radical (unpaired) electrons. The standard InChI is InChI=1S/C24H29N3O4/c1-24(2,3)31-23(29)27-16-14-26(15-17-27)22(28)12-9-19-7-10-21(11-8-19)30-18-20-6-4-5-13-25-20/h4-13H,14-18H2,1-3H3/b12-9+. The molecule has 2 heterocycles. The number of nitrogens with zero attached hydrogens (tertiary/aromatic N) is 3. The Kier molecular flexibility index (Phi) is 7.28. The average Bonchev–Trinajstić information content (AvgIpc) is 2.76. The van der Waals surface area contributed by atoms with Crippen LogP contribution < -0.4 is 4.74 Å². The maximum absolute atomic E-state index is 12.5. The van der Waals surface area contributed by atoms with Crippen molar-refractivity contribution in [3.63, 3.8) is 0 Å². The van der Waals surface area contributed by atoms with Crippen LogP contribution in [0.4, 0.5) is 4.79 Å². The number of amides is 2. The van der Waals surface area contributed by atoms with E-state index in [2.05, 4.69) is 4.98 Å². The van der Waals surface area contributed by atoms with Gasteiger partial charge in [-0.2, -0.15) is 0 Å². The summed E-state index contributed by atoms with van der Waals surface area (Å²) in [6.45, 7) is 7.85. The van der Waals surface area contributed by atoms with Crippen LogP contribution in [-0.4, -0.2) is 58.6 Å². The van der Waals surface area contributed by atoms with Gasteiger partial charge in [-0.15, -0.1) is 0 Å². The van der Waals surface area contributed by atoms with E-state index in [1.54, 1.807) is 28.1 Å². The van der Waals surface area contributed by atoms with Crippen molar-refractivity contribution in [3.05, 3.63) is 66.0 Å². The van der Waals surface area contributed by atoms with E-state index in [0.717, 1.165) is 17.0 Å². The van der Waals surface area contributed by atoms with Gasteiger partial charge in [-0.05, 0) is 56.7 Å². The Morgan fingerprint density at radius 1 is 1.00 bits per heavy atom. The summed E-state index contributed by atoms with van der Waals surface area (Å²) < 4.78 is 11.1. The molecule has 7 heteroatoms. The van der Waals surface area contributed by atoms with Crippen LogP contribution in [0, 0.1) is 0 Å². The fraction of sp³-hybridized carbons (Fsp3) is 0.375. The molecule has 0 aliphatic carbocycles. The molecule has 0 unspecified atom stereocenters. The Morgan fingerprint density at radius 3 is 2.29 bits per heavy atom. The van der Waals surface area contributed by atoms with Crippen molar-refractivity contribution in [2.24, 2.45) is 0 Å². The SMILES string of the molecule is CC(C)(C)OC(=O)N1CCN(C(=O)/C=C/c2ccc(OCc3ccccn3)cc2)CC1. The van der Waals surface area contributed by atoms with Crippen molar-refractivity contribution in [1.82, 2.24) is 14.8 Å². The first-order valence-electron chi connectivity index (χ1n) is 10.4. The first kappa shape index (κ1) is 22.3. The summed E-state index contributed by atoms with van der Waals surface area (Å²) >= 11 is 0. The van der Waals surface area contributed by atoms with Crippen LogP contribution in [0.25, 0.3) is 6.08 Å². The second kappa shape index (κ2) is 10.1. The zero-order valence-corrected chi connectivity index (χ0v) is 18.3. The lowest BCUT2D eigenvalue weighted by Crippen LogP contribution is -2.51. The Bertz CT molecular complexity index is 897. The first-order valence-corrected chi connectivity index (χ1v) is 10.4. The highest BCUT2D eigenvalue weighted by atomic mass is 16.6. The Labute approximate surface area is 183 Å². The smallest absolute Gasteiger partial charge is 0.410 e. The number of carbonyl (C=O) groups excluding carboxylic acids is 2. The Balaban J connectivity index is 1.45. The predicted octanol–water partition coefficient (Wildman–Crippen LogP) is 3.75. The largest absolute Gasteiger partial charge is 0.487 e. The van der Waals surface area contributed by atoms with Gasteiger partial charge in [0.15, 0.2) is 0 Å². The van der Waals surface area contributed by atoms with Crippen molar-refractivity contribution in [3.8, 4) is 5.75 Å². The lowest BCUT2D eigenvalue weighted by Gasteiger charge is -2.35. The highest BCUT2D eigenvalue weighted by molar-refractivity contribution is 5.92. The van der Waals surface area contributed by atoms with Crippen LogP contribution in [0.15, 0.2) is 54.7 Å². The molecule has 1 fully saturated rings. The third kappa shape index (κ3) is 7.13. The molecular weight excluding hydrogens is 394 g/mol. The van der Waals surface area contributed by atoms with Gasteiger partial charge in [-0.25, -0.2) is 4.79 Å². The third-order valence-electron chi connectivity index (χ3n) is 4.65. The zero-order valence-electron chi connectivity index (χ0n) is 18.3. The van der Waals surface area contributed by atoms with Crippen molar-refractivity contribution < 1.29 is 19.1 Å². The maximum atomic E-state index is 12.5. The van der Waals surface area contributed by atoms with Gasteiger partial charge < -0.3 is 19.3 Å². The van der Waals surface area contributed by atoms with Gasteiger partial charge in [-0.3, -0.25) is 9.78 Å². The van der Waals surface area contributed by atoms with E-state index < -0.39 is 5.60 Å². The van der Waals surface area contributed by atoms with E-state index in [0.29, 0.717) is 32.8 Å². The summed E-state index contributed by atoms with van der Waals surface area (Å²) in [5, 5.41) is 0. The lowest BCUT2D eigenvalue weighted by molar-refractivity contribution is -0.127. The highest BCUT2D eigenvalue weighted by Gasteiger charge is 2.26. The molecule has 164 valence electrons. The van der Waals surface area contributed by atoms with E-state index in [1.165, 1.54) is 0 Å². The molecule has 1 aromatic heterocycles. The van der Waals surface area contributed by atoms with Crippen molar-refractivity contribution in [2.45, 2.75) is 33.0 Å². The van der Waals surface area contributed by atoms with E-state index in [-0.39, 0.29) is 12.0 Å². The van der Waals surface area contributed by atoms with Crippen LogP contribution in [-0.2, 0) is 16.1 Å². The minimum Gasteiger partial charge on any atom is -0.487 e. The third-order valence-corrected chi connectivity index (χ3v) is 4.65. The van der Waals surface area contributed by atoms with E-state index in [9.17, 15) is 9.59 Å². The normalized spacial score (nSPS) is 14.5. The van der Waals surface area contributed by atoms with Gasteiger partial charge in [0.25, 0.3) is 0 Å². The number of aromatic nitrogens is 1. The number of hydrogen-bond donors (Lipinski definition) is 0. The van der Waals surface area contributed by atoms with Crippen molar-refractivity contribution in [2.75, 3.05) is 26.2 Å². The topological polar surface area (TPSA) is 72.0 Å². The molecule has 1 aliphatic rings. The van der Waals surface area contributed by atoms with Gasteiger partial charge in [0, 0.05) is 38.5 Å². The molecule has 3 rings (SSSR count). The second-order valence-electron chi connectivity index (χ2n) is 8.30.